The van der Waals surface area contributed by atoms with E-state index in [-0.39, 0.29) is 5.56 Å². The standard InChI is InChI=1S/C14H12N4O/c15-13-7-10(5-6-16-13)8-18-9-17-12-4-2-1-3-11(12)14(18)19/h1-7,9H,8H2,(H2,15,16). The number of fused-ring (bicyclic) bond motifs is 1. The zero-order valence-corrected chi connectivity index (χ0v) is 10.2. The molecule has 0 aliphatic heterocycles. The molecule has 0 radical (unpaired) electrons. The summed E-state index contributed by atoms with van der Waals surface area (Å²) >= 11 is 0. The van der Waals surface area contributed by atoms with Crippen molar-refractivity contribution in [2.45, 2.75) is 6.54 Å². The van der Waals surface area contributed by atoms with E-state index in [4.69, 9.17) is 5.73 Å². The van der Waals surface area contributed by atoms with Crippen LogP contribution in [0.25, 0.3) is 10.9 Å². The van der Waals surface area contributed by atoms with Crippen LogP contribution in [0.3, 0.4) is 0 Å². The number of hydrogen-bond acceptors (Lipinski definition) is 4. The van der Waals surface area contributed by atoms with Gasteiger partial charge in [0, 0.05) is 6.20 Å². The van der Waals surface area contributed by atoms with Gasteiger partial charge in [-0.25, -0.2) is 9.97 Å². The molecule has 0 spiro atoms. The molecule has 3 aromatic rings. The second kappa shape index (κ2) is 4.53. The van der Waals surface area contributed by atoms with Crippen LogP contribution in [0, 0.1) is 0 Å². The molecule has 0 amide bonds. The van der Waals surface area contributed by atoms with Crippen molar-refractivity contribution in [3.8, 4) is 0 Å². The number of nitrogens with two attached hydrogens (primary N) is 1. The van der Waals surface area contributed by atoms with E-state index in [1.165, 1.54) is 0 Å². The first-order chi connectivity index (χ1) is 9.24. The van der Waals surface area contributed by atoms with E-state index < -0.39 is 0 Å². The van der Waals surface area contributed by atoms with Gasteiger partial charge in [0.1, 0.15) is 5.82 Å². The summed E-state index contributed by atoms with van der Waals surface area (Å²) in [7, 11) is 0. The van der Waals surface area contributed by atoms with Crippen molar-refractivity contribution < 1.29 is 0 Å². The van der Waals surface area contributed by atoms with Crippen LogP contribution in [0.2, 0.25) is 0 Å². The lowest BCUT2D eigenvalue weighted by molar-refractivity contribution is 0.747. The van der Waals surface area contributed by atoms with Crippen LogP contribution >= 0.6 is 0 Å². The maximum atomic E-state index is 12.3. The monoisotopic (exact) mass is 252 g/mol. The fourth-order valence-electron chi connectivity index (χ4n) is 2.01. The summed E-state index contributed by atoms with van der Waals surface area (Å²) in [5, 5.41) is 0.618. The van der Waals surface area contributed by atoms with Crippen molar-refractivity contribution in [1.29, 1.82) is 0 Å². The molecule has 3 rings (SSSR count). The summed E-state index contributed by atoms with van der Waals surface area (Å²) < 4.78 is 1.57. The van der Waals surface area contributed by atoms with Crippen LogP contribution in [0.15, 0.2) is 53.7 Å². The molecule has 0 bridgehead atoms. The normalized spacial score (nSPS) is 10.7. The molecular weight excluding hydrogens is 240 g/mol. The average Bonchev–Trinajstić information content (AvgIpc) is 2.42. The molecule has 0 fully saturated rings. The molecule has 5 nitrogen and oxygen atoms in total. The zero-order valence-electron chi connectivity index (χ0n) is 10.2. The molecule has 19 heavy (non-hydrogen) atoms. The third-order valence-electron chi connectivity index (χ3n) is 2.93. The van der Waals surface area contributed by atoms with E-state index in [9.17, 15) is 4.79 Å². The fourth-order valence-corrected chi connectivity index (χ4v) is 2.01. The van der Waals surface area contributed by atoms with Gasteiger partial charge in [-0.15, -0.1) is 0 Å². The summed E-state index contributed by atoms with van der Waals surface area (Å²) in [4.78, 5) is 20.5. The minimum Gasteiger partial charge on any atom is -0.384 e. The minimum atomic E-state index is -0.0546. The highest BCUT2D eigenvalue weighted by molar-refractivity contribution is 5.76. The van der Waals surface area contributed by atoms with Crippen molar-refractivity contribution in [1.82, 2.24) is 14.5 Å². The van der Waals surface area contributed by atoms with E-state index >= 15 is 0 Å². The maximum absolute atomic E-state index is 12.3. The molecule has 5 heteroatoms. The first-order valence-corrected chi connectivity index (χ1v) is 5.88. The molecule has 2 heterocycles. The molecule has 0 saturated heterocycles. The van der Waals surface area contributed by atoms with Crippen LogP contribution in [-0.4, -0.2) is 14.5 Å². The first kappa shape index (κ1) is 11.4. The summed E-state index contributed by atoms with van der Waals surface area (Å²) in [5.41, 5.74) is 7.20. The van der Waals surface area contributed by atoms with Gasteiger partial charge >= 0.3 is 0 Å². The van der Waals surface area contributed by atoms with Gasteiger partial charge in [0.15, 0.2) is 0 Å². The van der Waals surface area contributed by atoms with Gasteiger partial charge in [-0.2, -0.15) is 0 Å². The summed E-state index contributed by atoms with van der Waals surface area (Å²) in [5.74, 6) is 0.444. The highest BCUT2D eigenvalue weighted by atomic mass is 16.1. The second-order valence-corrected chi connectivity index (χ2v) is 4.28. The van der Waals surface area contributed by atoms with Crippen LogP contribution in [0.4, 0.5) is 5.82 Å². The second-order valence-electron chi connectivity index (χ2n) is 4.28. The Morgan fingerprint density at radius 2 is 2.00 bits per heavy atom. The van der Waals surface area contributed by atoms with Crippen molar-refractivity contribution in [2.75, 3.05) is 5.73 Å². The molecule has 94 valence electrons. The van der Waals surface area contributed by atoms with Gasteiger partial charge in [-0.3, -0.25) is 9.36 Å². The van der Waals surface area contributed by atoms with Crippen molar-refractivity contribution >= 4 is 16.7 Å². The number of pyridine rings is 1. The zero-order chi connectivity index (χ0) is 13.2. The van der Waals surface area contributed by atoms with Gasteiger partial charge in [-0.1, -0.05) is 12.1 Å². The Kier molecular flexibility index (Phi) is 2.72. The Balaban J connectivity index is 2.06. The third-order valence-corrected chi connectivity index (χ3v) is 2.93. The average molecular weight is 252 g/mol. The van der Waals surface area contributed by atoms with Crippen LogP contribution in [0.5, 0.6) is 0 Å². The molecule has 0 atom stereocenters. The number of nitrogens with zero attached hydrogens (tertiary/aromatic N) is 3. The minimum absolute atomic E-state index is 0.0546. The number of aromatic nitrogens is 3. The van der Waals surface area contributed by atoms with Gasteiger partial charge < -0.3 is 5.73 Å². The lowest BCUT2D eigenvalue weighted by atomic mass is 10.2. The summed E-state index contributed by atoms with van der Waals surface area (Å²) in [6.07, 6.45) is 3.19. The van der Waals surface area contributed by atoms with Crippen LogP contribution in [-0.2, 0) is 6.54 Å². The Labute approximate surface area is 109 Å². The fraction of sp³-hybridized carbons (Fsp3) is 0.0714. The number of rotatable bonds is 2. The van der Waals surface area contributed by atoms with Gasteiger partial charge in [-0.05, 0) is 29.8 Å². The van der Waals surface area contributed by atoms with Gasteiger partial charge in [0.25, 0.3) is 5.56 Å². The van der Waals surface area contributed by atoms with Crippen molar-refractivity contribution in [3.05, 3.63) is 64.8 Å². The van der Waals surface area contributed by atoms with Crippen molar-refractivity contribution in [3.63, 3.8) is 0 Å². The molecule has 0 aliphatic rings. The van der Waals surface area contributed by atoms with Crippen LogP contribution in [0.1, 0.15) is 5.56 Å². The topological polar surface area (TPSA) is 73.8 Å². The lowest BCUT2D eigenvalue weighted by Gasteiger charge is -2.06. The highest BCUT2D eigenvalue weighted by Gasteiger charge is 2.04. The lowest BCUT2D eigenvalue weighted by Crippen LogP contribution is -2.21. The third kappa shape index (κ3) is 2.18. The SMILES string of the molecule is Nc1cc(Cn2cnc3ccccc3c2=O)ccn1. The molecule has 1 aromatic carbocycles. The van der Waals surface area contributed by atoms with Crippen molar-refractivity contribution in [2.24, 2.45) is 0 Å². The molecule has 2 aromatic heterocycles. The number of anilines is 1. The van der Waals surface area contributed by atoms with Crippen LogP contribution < -0.4 is 11.3 Å². The van der Waals surface area contributed by atoms with Gasteiger partial charge in [0.05, 0.1) is 23.8 Å². The molecule has 0 unspecified atom stereocenters. The number of nitrogen functional groups attached to an aromatic ring is 1. The Hall–Kier alpha value is -2.69. The Morgan fingerprint density at radius 1 is 1.16 bits per heavy atom. The van der Waals surface area contributed by atoms with E-state index in [0.29, 0.717) is 23.3 Å². The maximum Gasteiger partial charge on any atom is 0.261 e. The highest BCUT2D eigenvalue weighted by Crippen LogP contribution is 2.07. The van der Waals surface area contributed by atoms with E-state index in [2.05, 4.69) is 9.97 Å². The molecular formula is C14H12N4O. The molecule has 0 saturated carbocycles. The summed E-state index contributed by atoms with van der Waals surface area (Å²) in [6.45, 7) is 0.434. The quantitative estimate of drug-likeness (QED) is 0.748. The van der Waals surface area contributed by atoms with E-state index in [1.54, 1.807) is 29.2 Å². The Bertz CT molecular complexity index is 795. The number of para-hydroxylation sites is 1. The molecule has 0 aliphatic carbocycles. The summed E-state index contributed by atoms with van der Waals surface area (Å²) in [6, 6.07) is 10.9. The van der Waals surface area contributed by atoms with Gasteiger partial charge in [0.2, 0.25) is 0 Å². The number of hydrogen-bond donors (Lipinski definition) is 1. The van der Waals surface area contributed by atoms with E-state index in [0.717, 1.165) is 5.56 Å². The predicted molar refractivity (Wildman–Crippen MR) is 73.8 cm³/mol. The first-order valence-electron chi connectivity index (χ1n) is 5.88. The smallest absolute Gasteiger partial charge is 0.261 e. The molecule has 2 N–H and O–H groups in total. The van der Waals surface area contributed by atoms with E-state index in [1.807, 2.05) is 24.3 Å². The predicted octanol–water partition coefficient (Wildman–Crippen LogP) is 1.42. The Morgan fingerprint density at radius 3 is 2.84 bits per heavy atom. The number of benzene rings is 1. The largest absolute Gasteiger partial charge is 0.384 e.